The Hall–Kier alpha value is -1.47. The zero-order chi connectivity index (χ0) is 11.3. The zero-order valence-corrected chi connectivity index (χ0v) is 8.43. The molecule has 0 bridgehead atoms. The van der Waals surface area contributed by atoms with Gasteiger partial charge in [0.15, 0.2) is 0 Å². The molecule has 0 spiro atoms. The van der Waals surface area contributed by atoms with E-state index in [0.717, 1.165) is 6.07 Å². The van der Waals surface area contributed by atoms with Gasteiger partial charge >= 0.3 is 0 Å². The molecule has 0 aliphatic heterocycles. The maximum absolute atomic E-state index is 12.8. The van der Waals surface area contributed by atoms with Crippen LogP contribution < -0.4 is 5.32 Å². The van der Waals surface area contributed by atoms with Gasteiger partial charge in [-0.3, -0.25) is 0 Å². The molecule has 1 unspecified atom stereocenters. The van der Waals surface area contributed by atoms with Crippen molar-refractivity contribution < 1.29 is 8.78 Å². The van der Waals surface area contributed by atoms with Crippen molar-refractivity contribution in [2.45, 2.75) is 19.4 Å². The smallest absolute Gasteiger partial charge is 0.126 e. The third kappa shape index (κ3) is 4.05. The van der Waals surface area contributed by atoms with E-state index in [9.17, 15) is 8.78 Å². The molecule has 0 aromatic heterocycles. The summed E-state index contributed by atoms with van der Waals surface area (Å²) in [6, 6.07) is 5.20. The number of hydrogen-bond donors (Lipinski definition) is 1. The topological polar surface area (TPSA) is 35.8 Å². The van der Waals surface area contributed by atoms with E-state index in [1.54, 1.807) is 6.92 Å². The number of nitrogens with one attached hydrogen (secondary N) is 1. The monoisotopic (exact) mass is 210 g/mol. The second-order valence-electron chi connectivity index (χ2n) is 3.33. The van der Waals surface area contributed by atoms with Crippen LogP contribution in [-0.4, -0.2) is 12.6 Å². The molecule has 0 aliphatic carbocycles. The first-order chi connectivity index (χ1) is 7.11. The van der Waals surface area contributed by atoms with Crippen molar-refractivity contribution >= 4 is 0 Å². The van der Waals surface area contributed by atoms with Crippen LogP contribution in [0.15, 0.2) is 18.2 Å². The normalized spacial score (nSPS) is 12.1. The predicted octanol–water partition coefficient (Wildman–Crippen LogP) is 2.01. The lowest BCUT2D eigenvalue weighted by atomic mass is 10.1. The molecule has 0 radical (unpaired) electrons. The molecular weight excluding hydrogens is 198 g/mol. The zero-order valence-electron chi connectivity index (χ0n) is 8.43. The van der Waals surface area contributed by atoms with E-state index in [0.29, 0.717) is 18.5 Å². The minimum absolute atomic E-state index is 0.247. The Bertz CT molecular complexity index is 351. The Morgan fingerprint density at radius 2 is 1.93 bits per heavy atom. The fourth-order valence-electron chi connectivity index (χ4n) is 1.23. The van der Waals surface area contributed by atoms with Crippen LogP contribution in [0.25, 0.3) is 0 Å². The van der Waals surface area contributed by atoms with Crippen LogP contribution in [-0.2, 0) is 6.42 Å². The first kappa shape index (κ1) is 11.6. The number of nitriles is 1. The standard InChI is InChI=1S/C11H12F2N2/c1-8(7-14)15-3-2-9-4-10(12)6-11(13)5-9/h4-6,8,15H,2-3H2,1H3. The molecule has 4 heteroatoms. The minimum Gasteiger partial charge on any atom is -0.302 e. The first-order valence-corrected chi connectivity index (χ1v) is 4.70. The van der Waals surface area contributed by atoms with E-state index in [1.807, 2.05) is 6.07 Å². The van der Waals surface area contributed by atoms with Crippen LogP contribution in [0.5, 0.6) is 0 Å². The average molecular weight is 210 g/mol. The van der Waals surface area contributed by atoms with Crippen molar-refractivity contribution in [3.05, 3.63) is 35.4 Å². The molecule has 0 aliphatic rings. The third-order valence-electron chi connectivity index (χ3n) is 1.98. The van der Waals surface area contributed by atoms with Gasteiger partial charge in [-0.1, -0.05) is 0 Å². The van der Waals surface area contributed by atoms with E-state index < -0.39 is 11.6 Å². The highest BCUT2D eigenvalue weighted by molar-refractivity contribution is 5.18. The second-order valence-corrected chi connectivity index (χ2v) is 3.33. The van der Waals surface area contributed by atoms with Crippen LogP contribution in [0.1, 0.15) is 12.5 Å². The highest BCUT2D eigenvalue weighted by atomic mass is 19.1. The lowest BCUT2D eigenvalue weighted by molar-refractivity contribution is 0.576. The summed E-state index contributed by atoms with van der Waals surface area (Å²) >= 11 is 0. The van der Waals surface area contributed by atoms with Gasteiger partial charge < -0.3 is 5.32 Å². The lowest BCUT2D eigenvalue weighted by Crippen LogP contribution is -2.26. The maximum Gasteiger partial charge on any atom is 0.126 e. The molecule has 0 saturated carbocycles. The Morgan fingerprint density at radius 3 is 2.47 bits per heavy atom. The number of hydrogen-bond acceptors (Lipinski definition) is 2. The molecule has 2 nitrogen and oxygen atoms in total. The summed E-state index contributed by atoms with van der Waals surface area (Å²) in [7, 11) is 0. The van der Waals surface area contributed by atoms with Gasteiger partial charge in [-0.2, -0.15) is 5.26 Å². The third-order valence-corrected chi connectivity index (χ3v) is 1.98. The predicted molar refractivity (Wildman–Crippen MR) is 53.1 cm³/mol. The highest BCUT2D eigenvalue weighted by Gasteiger charge is 2.01. The van der Waals surface area contributed by atoms with Gasteiger partial charge in [0, 0.05) is 12.6 Å². The van der Waals surface area contributed by atoms with E-state index in [2.05, 4.69) is 5.32 Å². The molecule has 15 heavy (non-hydrogen) atoms. The number of benzene rings is 1. The van der Waals surface area contributed by atoms with Crippen LogP contribution in [0.3, 0.4) is 0 Å². The molecule has 1 rings (SSSR count). The molecular formula is C11H12F2N2. The SMILES string of the molecule is CC(C#N)NCCc1cc(F)cc(F)c1. The largest absolute Gasteiger partial charge is 0.302 e. The summed E-state index contributed by atoms with van der Waals surface area (Å²) in [6.45, 7) is 2.25. The van der Waals surface area contributed by atoms with E-state index in [4.69, 9.17) is 5.26 Å². The van der Waals surface area contributed by atoms with Crippen LogP contribution in [0.2, 0.25) is 0 Å². The van der Waals surface area contributed by atoms with Gasteiger partial charge in [-0.25, -0.2) is 8.78 Å². The van der Waals surface area contributed by atoms with Gasteiger partial charge in [0.25, 0.3) is 0 Å². The van der Waals surface area contributed by atoms with Crippen molar-refractivity contribution in [3.63, 3.8) is 0 Å². The molecule has 0 saturated heterocycles. The number of rotatable bonds is 4. The van der Waals surface area contributed by atoms with Crippen molar-refractivity contribution in [1.82, 2.24) is 5.32 Å². The van der Waals surface area contributed by atoms with Crippen LogP contribution >= 0.6 is 0 Å². The van der Waals surface area contributed by atoms with Gasteiger partial charge in [-0.05, 0) is 31.0 Å². The second kappa shape index (κ2) is 5.42. The fraction of sp³-hybridized carbons (Fsp3) is 0.364. The summed E-state index contributed by atoms with van der Waals surface area (Å²) in [6.07, 6.45) is 0.501. The Balaban J connectivity index is 2.48. The summed E-state index contributed by atoms with van der Waals surface area (Å²) in [5.74, 6) is -1.14. The Kier molecular flexibility index (Phi) is 4.19. The van der Waals surface area contributed by atoms with Crippen molar-refractivity contribution in [2.75, 3.05) is 6.54 Å². The summed E-state index contributed by atoms with van der Waals surface area (Å²) in [5.41, 5.74) is 0.588. The Morgan fingerprint density at radius 1 is 1.33 bits per heavy atom. The molecule has 0 fully saturated rings. The highest BCUT2D eigenvalue weighted by Crippen LogP contribution is 2.08. The lowest BCUT2D eigenvalue weighted by Gasteiger charge is -2.06. The molecule has 0 heterocycles. The maximum atomic E-state index is 12.8. The Labute approximate surface area is 87.5 Å². The molecule has 0 amide bonds. The van der Waals surface area contributed by atoms with Crippen molar-refractivity contribution in [2.24, 2.45) is 0 Å². The van der Waals surface area contributed by atoms with Gasteiger partial charge in [-0.15, -0.1) is 0 Å². The van der Waals surface area contributed by atoms with Crippen molar-refractivity contribution in [1.29, 1.82) is 5.26 Å². The quantitative estimate of drug-likeness (QED) is 0.825. The number of nitrogens with zero attached hydrogens (tertiary/aromatic N) is 1. The minimum atomic E-state index is -0.571. The number of halogens is 2. The molecule has 1 aromatic carbocycles. The fourth-order valence-corrected chi connectivity index (χ4v) is 1.23. The van der Waals surface area contributed by atoms with Gasteiger partial charge in [0.2, 0.25) is 0 Å². The summed E-state index contributed by atoms with van der Waals surface area (Å²) in [4.78, 5) is 0. The van der Waals surface area contributed by atoms with Crippen LogP contribution in [0, 0.1) is 23.0 Å². The van der Waals surface area contributed by atoms with E-state index >= 15 is 0 Å². The average Bonchev–Trinajstić information content (AvgIpc) is 2.16. The van der Waals surface area contributed by atoms with Gasteiger partial charge in [0.1, 0.15) is 11.6 Å². The molecule has 1 aromatic rings. The van der Waals surface area contributed by atoms with E-state index in [-0.39, 0.29) is 6.04 Å². The molecule has 80 valence electrons. The molecule has 1 atom stereocenters. The van der Waals surface area contributed by atoms with E-state index in [1.165, 1.54) is 12.1 Å². The summed E-state index contributed by atoms with van der Waals surface area (Å²) in [5, 5.41) is 11.4. The van der Waals surface area contributed by atoms with Crippen LogP contribution in [0.4, 0.5) is 8.78 Å². The summed E-state index contributed by atoms with van der Waals surface area (Å²) < 4.78 is 25.5. The van der Waals surface area contributed by atoms with Crippen molar-refractivity contribution in [3.8, 4) is 6.07 Å². The molecule has 1 N–H and O–H groups in total. The first-order valence-electron chi connectivity index (χ1n) is 4.70. The van der Waals surface area contributed by atoms with Gasteiger partial charge in [0.05, 0.1) is 12.1 Å².